The zero-order valence-electron chi connectivity index (χ0n) is 16.6. The first-order valence-corrected chi connectivity index (χ1v) is 9.78. The van der Waals surface area contributed by atoms with E-state index in [2.05, 4.69) is 17.2 Å². The van der Waals surface area contributed by atoms with Crippen LogP contribution in [0.5, 0.6) is 0 Å². The van der Waals surface area contributed by atoms with Crippen LogP contribution in [0.25, 0.3) is 10.9 Å². The minimum atomic E-state index is -0.261. The second kappa shape index (κ2) is 7.87. The Morgan fingerprint density at radius 1 is 1.23 bits per heavy atom. The Morgan fingerprint density at radius 3 is 2.83 bits per heavy atom. The highest BCUT2D eigenvalue weighted by atomic mass is 16.2. The lowest BCUT2D eigenvalue weighted by Gasteiger charge is -2.20. The Labute approximate surface area is 174 Å². The highest BCUT2D eigenvalue weighted by molar-refractivity contribution is 6.08. The maximum Gasteiger partial charge on any atom is 0.268 e. The second-order valence-corrected chi connectivity index (χ2v) is 7.00. The SMILES string of the molecule is C=CC(=O)N(CC)c1cccc(NC(=O)c2ccc3cc4n(c3c2)CCNC4=O)c1. The van der Waals surface area contributed by atoms with Gasteiger partial charge in [-0.05, 0) is 49.4 Å². The van der Waals surface area contributed by atoms with E-state index in [0.29, 0.717) is 42.3 Å². The molecule has 1 aliphatic rings. The standard InChI is InChI=1S/C23H22N4O3/c1-3-21(28)26(4-2)18-7-5-6-17(14-18)25-22(29)16-9-8-15-12-20-23(30)24-10-11-27(20)19(15)13-16/h3,5-9,12-14H,1,4,10-11H2,2H3,(H,24,30)(H,25,29). The van der Waals surface area contributed by atoms with Crippen LogP contribution in [-0.4, -0.2) is 35.4 Å². The summed E-state index contributed by atoms with van der Waals surface area (Å²) in [4.78, 5) is 38.5. The number of aromatic nitrogens is 1. The maximum atomic E-state index is 12.9. The molecule has 0 saturated carbocycles. The average Bonchev–Trinajstić information content (AvgIpc) is 3.14. The fraction of sp³-hybridized carbons (Fsp3) is 0.174. The fourth-order valence-electron chi connectivity index (χ4n) is 3.73. The van der Waals surface area contributed by atoms with Crippen LogP contribution in [0, 0.1) is 0 Å². The van der Waals surface area contributed by atoms with Gasteiger partial charge in [0, 0.05) is 47.5 Å². The minimum absolute atomic E-state index is 0.102. The van der Waals surface area contributed by atoms with Crippen molar-refractivity contribution >= 4 is 40.0 Å². The summed E-state index contributed by atoms with van der Waals surface area (Å²) in [5, 5.41) is 6.63. The number of nitrogens with zero attached hydrogens (tertiary/aromatic N) is 2. The predicted octanol–water partition coefficient (Wildman–Crippen LogP) is 3.18. The molecule has 1 aromatic heterocycles. The molecule has 2 N–H and O–H groups in total. The quantitative estimate of drug-likeness (QED) is 0.643. The van der Waals surface area contributed by atoms with E-state index in [4.69, 9.17) is 0 Å². The Morgan fingerprint density at radius 2 is 2.07 bits per heavy atom. The molecular weight excluding hydrogens is 380 g/mol. The van der Waals surface area contributed by atoms with E-state index >= 15 is 0 Å². The van der Waals surface area contributed by atoms with E-state index in [1.165, 1.54) is 6.08 Å². The maximum absolute atomic E-state index is 12.9. The van der Waals surface area contributed by atoms with Crippen LogP contribution in [0.15, 0.2) is 61.2 Å². The molecule has 0 fully saturated rings. The van der Waals surface area contributed by atoms with Crippen molar-refractivity contribution in [3.63, 3.8) is 0 Å². The minimum Gasteiger partial charge on any atom is -0.349 e. The van der Waals surface area contributed by atoms with E-state index in [-0.39, 0.29) is 17.7 Å². The van der Waals surface area contributed by atoms with Crippen molar-refractivity contribution in [1.82, 2.24) is 9.88 Å². The molecule has 3 amide bonds. The van der Waals surface area contributed by atoms with Gasteiger partial charge in [0.2, 0.25) is 5.91 Å². The highest BCUT2D eigenvalue weighted by Gasteiger charge is 2.20. The number of benzene rings is 2. The molecule has 3 aromatic rings. The van der Waals surface area contributed by atoms with Gasteiger partial charge in [-0.15, -0.1) is 0 Å². The molecule has 0 bridgehead atoms. The van der Waals surface area contributed by atoms with Gasteiger partial charge >= 0.3 is 0 Å². The van der Waals surface area contributed by atoms with Crippen molar-refractivity contribution in [3.8, 4) is 0 Å². The van der Waals surface area contributed by atoms with Gasteiger partial charge in [-0.3, -0.25) is 14.4 Å². The third-order valence-corrected chi connectivity index (χ3v) is 5.19. The summed E-state index contributed by atoms with van der Waals surface area (Å²) in [7, 11) is 0. The molecule has 0 spiro atoms. The molecule has 1 aliphatic heterocycles. The van der Waals surface area contributed by atoms with Crippen LogP contribution >= 0.6 is 0 Å². The smallest absolute Gasteiger partial charge is 0.268 e. The van der Waals surface area contributed by atoms with Gasteiger partial charge in [0.05, 0.1) is 0 Å². The van der Waals surface area contributed by atoms with Crippen LogP contribution < -0.4 is 15.5 Å². The summed E-state index contributed by atoms with van der Waals surface area (Å²) in [6.45, 7) is 7.13. The summed E-state index contributed by atoms with van der Waals surface area (Å²) < 4.78 is 1.94. The van der Waals surface area contributed by atoms with Crippen molar-refractivity contribution < 1.29 is 14.4 Å². The zero-order valence-corrected chi connectivity index (χ0v) is 16.6. The van der Waals surface area contributed by atoms with Gasteiger partial charge in [0.1, 0.15) is 5.69 Å². The van der Waals surface area contributed by atoms with Crippen molar-refractivity contribution in [2.45, 2.75) is 13.5 Å². The third-order valence-electron chi connectivity index (χ3n) is 5.19. The van der Waals surface area contributed by atoms with E-state index in [0.717, 1.165) is 10.9 Å². The lowest BCUT2D eigenvalue weighted by molar-refractivity contribution is -0.114. The molecule has 0 atom stereocenters. The van der Waals surface area contributed by atoms with Crippen molar-refractivity contribution in [1.29, 1.82) is 0 Å². The molecule has 0 saturated heterocycles. The monoisotopic (exact) mass is 402 g/mol. The summed E-state index contributed by atoms with van der Waals surface area (Å²) in [6.07, 6.45) is 1.27. The highest BCUT2D eigenvalue weighted by Crippen LogP contribution is 2.24. The Balaban J connectivity index is 1.61. The van der Waals surface area contributed by atoms with Crippen molar-refractivity contribution in [2.75, 3.05) is 23.3 Å². The summed E-state index contributed by atoms with van der Waals surface area (Å²) in [5.74, 6) is -0.564. The molecular formula is C23H22N4O3. The van der Waals surface area contributed by atoms with Gasteiger partial charge < -0.3 is 20.1 Å². The number of hydrogen-bond donors (Lipinski definition) is 2. The molecule has 7 nitrogen and oxygen atoms in total. The van der Waals surface area contributed by atoms with Gasteiger partial charge in [-0.1, -0.05) is 18.7 Å². The molecule has 2 aromatic carbocycles. The number of carbonyl (C=O) groups excluding carboxylic acids is 3. The first-order valence-electron chi connectivity index (χ1n) is 9.78. The molecule has 0 aliphatic carbocycles. The summed E-state index contributed by atoms with van der Waals surface area (Å²) >= 11 is 0. The average molecular weight is 402 g/mol. The van der Waals surface area contributed by atoms with Crippen LogP contribution in [0.4, 0.5) is 11.4 Å². The molecule has 152 valence electrons. The molecule has 7 heteroatoms. The number of rotatable bonds is 5. The number of nitrogens with one attached hydrogen (secondary N) is 2. The van der Waals surface area contributed by atoms with E-state index in [1.54, 1.807) is 35.2 Å². The molecule has 30 heavy (non-hydrogen) atoms. The molecule has 2 heterocycles. The topological polar surface area (TPSA) is 83.4 Å². The van der Waals surface area contributed by atoms with Gasteiger partial charge in [-0.25, -0.2) is 0 Å². The Bertz CT molecular complexity index is 1180. The first-order chi connectivity index (χ1) is 14.5. The molecule has 0 unspecified atom stereocenters. The van der Waals surface area contributed by atoms with Crippen LogP contribution in [-0.2, 0) is 11.3 Å². The van der Waals surface area contributed by atoms with Crippen molar-refractivity contribution in [3.05, 3.63) is 72.4 Å². The fourth-order valence-corrected chi connectivity index (χ4v) is 3.73. The number of anilines is 2. The van der Waals surface area contributed by atoms with E-state index in [9.17, 15) is 14.4 Å². The molecule has 4 rings (SSSR count). The van der Waals surface area contributed by atoms with Gasteiger partial charge in [0.25, 0.3) is 11.8 Å². The lowest BCUT2D eigenvalue weighted by atomic mass is 10.1. The number of hydrogen-bond acceptors (Lipinski definition) is 3. The van der Waals surface area contributed by atoms with Gasteiger partial charge in [0.15, 0.2) is 0 Å². The third kappa shape index (κ3) is 3.45. The number of carbonyl (C=O) groups is 3. The van der Waals surface area contributed by atoms with Crippen LogP contribution in [0.1, 0.15) is 27.8 Å². The predicted molar refractivity (Wildman–Crippen MR) is 117 cm³/mol. The zero-order chi connectivity index (χ0) is 21.3. The number of fused-ring (bicyclic) bond motifs is 3. The van der Waals surface area contributed by atoms with Gasteiger partial charge in [-0.2, -0.15) is 0 Å². The normalized spacial score (nSPS) is 12.8. The Hall–Kier alpha value is -3.87. The lowest BCUT2D eigenvalue weighted by Crippen LogP contribution is -2.34. The van der Waals surface area contributed by atoms with E-state index in [1.807, 2.05) is 29.7 Å². The van der Waals surface area contributed by atoms with Crippen LogP contribution in [0.3, 0.4) is 0 Å². The molecule has 0 radical (unpaired) electrons. The number of likely N-dealkylation sites (N-methyl/N-ethyl adjacent to an activating group) is 1. The van der Waals surface area contributed by atoms with E-state index < -0.39 is 0 Å². The Kier molecular flexibility index (Phi) is 5.10. The largest absolute Gasteiger partial charge is 0.349 e. The van der Waals surface area contributed by atoms with Crippen LogP contribution in [0.2, 0.25) is 0 Å². The summed E-state index contributed by atoms with van der Waals surface area (Å²) in [6, 6.07) is 14.4. The van der Waals surface area contributed by atoms with Crippen molar-refractivity contribution in [2.24, 2.45) is 0 Å². The number of amides is 3. The summed E-state index contributed by atoms with van der Waals surface area (Å²) in [5.41, 5.74) is 3.23. The second-order valence-electron chi connectivity index (χ2n) is 7.00. The first kappa shape index (κ1) is 19.4.